The predicted molar refractivity (Wildman–Crippen MR) is 162 cm³/mol. The normalized spacial score (nSPS) is 28.9. The van der Waals surface area contributed by atoms with E-state index in [0.29, 0.717) is 37.4 Å². The number of aliphatic hydroxyl groups is 1. The highest BCUT2D eigenvalue weighted by atomic mass is 16.5. The number of nitrogens with zero attached hydrogens (tertiary/aromatic N) is 1. The lowest BCUT2D eigenvalue weighted by molar-refractivity contribution is -0.192. The summed E-state index contributed by atoms with van der Waals surface area (Å²) in [5.74, 6) is -1.97. The number of nitrogens with one attached hydrogen (secondary N) is 4. The largest absolute Gasteiger partial charge is 0.504 e. The van der Waals surface area contributed by atoms with E-state index in [-0.39, 0.29) is 24.9 Å². The van der Waals surface area contributed by atoms with Crippen LogP contribution in [0.15, 0.2) is 24.3 Å². The van der Waals surface area contributed by atoms with E-state index in [1.54, 1.807) is 13.0 Å². The number of rotatable bonds is 12. The Morgan fingerprint density at radius 3 is 2.43 bits per heavy atom. The molecule has 1 aromatic rings. The van der Waals surface area contributed by atoms with Crippen LogP contribution in [-0.4, -0.2) is 108 Å². The fourth-order valence-electron chi connectivity index (χ4n) is 7.93. The molecule has 1 spiro atoms. The minimum Gasteiger partial charge on any atom is -0.504 e. The summed E-state index contributed by atoms with van der Waals surface area (Å²) < 4.78 is 11.1. The van der Waals surface area contributed by atoms with Crippen molar-refractivity contribution in [1.82, 2.24) is 26.2 Å². The highest BCUT2D eigenvalue weighted by Gasteiger charge is 2.73. The number of carbonyl (C=O) groups is 5. The first-order valence-electron chi connectivity index (χ1n) is 16.0. The standard InChI is InChI=1S/C32H41N5O9/c1-2-45-27(43)8-7-23(39)33-14-24(40)34-15-25(41)35-16-26(42)36-20-9-10-32(44)22-13-19-5-6-21(38)29-28(19)31(32,30(20)46-29)11-12-37(22)17-18-3-4-18/h5-8,18,20,22,30,38,44H,2-4,9-17H2,1H3,(H,33,39)(H,34,40)(H,35,41)(H,36,42)/b8-7+/t20-,22?,30+,31?,32-/m1/s1. The first kappa shape index (κ1) is 31.8. The summed E-state index contributed by atoms with van der Waals surface area (Å²) in [6, 6.07) is 3.05. The zero-order chi connectivity index (χ0) is 32.6. The van der Waals surface area contributed by atoms with Crippen LogP contribution in [0.1, 0.15) is 50.2 Å². The second-order valence-electron chi connectivity index (χ2n) is 12.9. The van der Waals surface area contributed by atoms with Crippen LogP contribution in [0.25, 0.3) is 0 Å². The molecule has 2 bridgehead atoms. The van der Waals surface area contributed by atoms with Gasteiger partial charge in [-0.05, 0) is 69.5 Å². The lowest BCUT2D eigenvalue weighted by atomic mass is 9.48. The van der Waals surface area contributed by atoms with Crippen LogP contribution in [0.3, 0.4) is 0 Å². The Balaban J connectivity index is 1.02. The molecule has 6 N–H and O–H groups in total. The van der Waals surface area contributed by atoms with Crippen LogP contribution in [0, 0.1) is 5.92 Å². The number of aromatic hydroxyl groups is 1. The SMILES string of the molecule is CCOC(=O)/C=C/C(=O)NCC(=O)NCC(=O)NCC(=O)N[C@@H]1CC[C@@]2(O)C3Cc4ccc(O)c5c4C2(CCN3CC2CC2)[C@H]1O5. The molecule has 2 heterocycles. The molecule has 3 aliphatic carbocycles. The highest BCUT2D eigenvalue weighted by Crippen LogP contribution is 2.65. The van der Waals surface area contributed by atoms with Gasteiger partial charge in [0.05, 0.1) is 43.3 Å². The van der Waals surface area contributed by atoms with Gasteiger partial charge < -0.3 is 41.0 Å². The first-order chi connectivity index (χ1) is 22.1. The monoisotopic (exact) mass is 639 g/mol. The van der Waals surface area contributed by atoms with Crippen LogP contribution < -0.4 is 26.0 Å². The molecule has 14 heteroatoms. The summed E-state index contributed by atoms with van der Waals surface area (Å²) in [5, 5.41) is 33.4. The van der Waals surface area contributed by atoms with Crippen LogP contribution in [0.2, 0.25) is 0 Å². The maximum absolute atomic E-state index is 13.0. The quantitative estimate of drug-likeness (QED) is 0.121. The third kappa shape index (κ3) is 5.79. The number of ether oxygens (including phenoxy) is 2. The van der Waals surface area contributed by atoms with Crippen molar-refractivity contribution in [3.05, 3.63) is 35.4 Å². The molecule has 3 fully saturated rings. The fourth-order valence-corrected chi connectivity index (χ4v) is 7.93. The number of amides is 4. The van der Waals surface area contributed by atoms with Gasteiger partial charge in [0.15, 0.2) is 11.5 Å². The predicted octanol–water partition coefficient (Wildman–Crippen LogP) is -1.09. The topological polar surface area (TPSA) is 196 Å². The summed E-state index contributed by atoms with van der Waals surface area (Å²) in [4.78, 5) is 62.8. The van der Waals surface area contributed by atoms with Gasteiger partial charge in [0, 0.05) is 30.3 Å². The average Bonchev–Trinajstić information content (AvgIpc) is 3.77. The summed E-state index contributed by atoms with van der Waals surface area (Å²) in [6.45, 7) is 2.39. The number of phenolic OH excluding ortho intramolecular Hbond substituents is 1. The molecule has 46 heavy (non-hydrogen) atoms. The average molecular weight is 640 g/mol. The summed E-state index contributed by atoms with van der Waals surface area (Å²) in [5.41, 5.74) is 0.102. The van der Waals surface area contributed by atoms with Crippen molar-refractivity contribution in [1.29, 1.82) is 0 Å². The van der Waals surface area contributed by atoms with Crippen molar-refractivity contribution in [2.45, 2.75) is 74.7 Å². The van der Waals surface area contributed by atoms with Crippen molar-refractivity contribution in [2.75, 3.05) is 39.3 Å². The van der Waals surface area contributed by atoms with Crippen molar-refractivity contribution in [2.24, 2.45) is 5.92 Å². The van der Waals surface area contributed by atoms with Crippen molar-refractivity contribution in [3.8, 4) is 11.5 Å². The van der Waals surface area contributed by atoms with Gasteiger partial charge in [-0.1, -0.05) is 6.07 Å². The molecule has 14 nitrogen and oxygen atoms in total. The second kappa shape index (κ2) is 12.6. The van der Waals surface area contributed by atoms with E-state index in [4.69, 9.17) is 4.74 Å². The minimum absolute atomic E-state index is 0.0239. The molecule has 2 aliphatic heterocycles. The number of hydrogen-bond acceptors (Lipinski definition) is 10. The van der Waals surface area contributed by atoms with Crippen molar-refractivity contribution in [3.63, 3.8) is 0 Å². The molecule has 1 aromatic carbocycles. The van der Waals surface area contributed by atoms with E-state index in [0.717, 1.165) is 36.4 Å². The van der Waals surface area contributed by atoms with Gasteiger partial charge in [-0.15, -0.1) is 0 Å². The number of phenols is 1. The third-order valence-electron chi connectivity index (χ3n) is 10.1. The smallest absolute Gasteiger partial charge is 0.330 e. The first-order valence-corrected chi connectivity index (χ1v) is 16.0. The van der Waals surface area contributed by atoms with Gasteiger partial charge in [0.25, 0.3) is 0 Å². The highest BCUT2D eigenvalue weighted by molar-refractivity contribution is 5.96. The summed E-state index contributed by atoms with van der Waals surface area (Å²) in [6.07, 6.45) is 5.99. The minimum atomic E-state index is -1.07. The molecule has 5 aliphatic rings. The van der Waals surface area contributed by atoms with Crippen LogP contribution >= 0.6 is 0 Å². The van der Waals surface area contributed by atoms with E-state index in [1.165, 1.54) is 12.8 Å². The van der Waals surface area contributed by atoms with E-state index in [1.807, 2.05) is 6.07 Å². The molecule has 0 aromatic heterocycles. The maximum atomic E-state index is 13.0. The molecule has 2 unspecified atom stereocenters. The Labute approximate surface area is 266 Å². The van der Waals surface area contributed by atoms with Crippen LogP contribution in [0.4, 0.5) is 0 Å². The maximum Gasteiger partial charge on any atom is 0.330 e. The van der Waals surface area contributed by atoms with Gasteiger partial charge in [0.2, 0.25) is 23.6 Å². The van der Waals surface area contributed by atoms with Crippen molar-refractivity contribution >= 4 is 29.6 Å². The molecule has 4 amide bonds. The van der Waals surface area contributed by atoms with Crippen molar-refractivity contribution < 1.29 is 43.7 Å². The molecule has 248 valence electrons. The Morgan fingerprint density at radius 2 is 1.72 bits per heavy atom. The molecule has 1 saturated heterocycles. The zero-order valence-electron chi connectivity index (χ0n) is 25.8. The molecular formula is C32H41N5O9. The van der Waals surface area contributed by atoms with E-state index < -0.39 is 65.8 Å². The number of esters is 1. The van der Waals surface area contributed by atoms with Gasteiger partial charge >= 0.3 is 5.97 Å². The van der Waals surface area contributed by atoms with Gasteiger partial charge in [-0.3, -0.25) is 24.1 Å². The Morgan fingerprint density at radius 1 is 1.00 bits per heavy atom. The van der Waals surface area contributed by atoms with Crippen LogP contribution in [-0.2, 0) is 40.5 Å². The summed E-state index contributed by atoms with van der Waals surface area (Å²) in [7, 11) is 0. The van der Waals surface area contributed by atoms with E-state index in [2.05, 4.69) is 30.9 Å². The number of carbonyl (C=O) groups excluding carboxylic acids is 5. The number of likely N-dealkylation sites (tertiary alicyclic amines) is 1. The lowest BCUT2D eigenvalue weighted by Crippen LogP contribution is -2.78. The number of piperidine rings is 1. The number of hydrogen-bond donors (Lipinski definition) is 6. The van der Waals surface area contributed by atoms with Crippen LogP contribution in [0.5, 0.6) is 11.5 Å². The van der Waals surface area contributed by atoms with E-state index in [9.17, 15) is 34.2 Å². The third-order valence-corrected chi connectivity index (χ3v) is 10.1. The van der Waals surface area contributed by atoms with E-state index >= 15 is 0 Å². The Bertz CT molecular complexity index is 1460. The second-order valence-corrected chi connectivity index (χ2v) is 12.9. The lowest BCUT2D eigenvalue weighted by Gasteiger charge is -2.64. The summed E-state index contributed by atoms with van der Waals surface area (Å²) >= 11 is 0. The molecule has 5 atom stereocenters. The molecule has 2 saturated carbocycles. The zero-order valence-corrected chi connectivity index (χ0v) is 25.8. The molecular weight excluding hydrogens is 598 g/mol. The molecule has 0 radical (unpaired) electrons. The van der Waals surface area contributed by atoms with Gasteiger partial charge in [-0.2, -0.15) is 0 Å². The van der Waals surface area contributed by atoms with Gasteiger partial charge in [0.1, 0.15) is 6.10 Å². The Kier molecular flexibility index (Phi) is 8.68. The number of benzene rings is 1. The fraction of sp³-hybridized carbons (Fsp3) is 0.594. The van der Waals surface area contributed by atoms with Gasteiger partial charge in [-0.25, -0.2) is 4.79 Å². The molecule has 6 rings (SSSR count). The Hall–Kier alpha value is -4.17.